The summed E-state index contributed by atoms with van der Waals surface area (Å²) in [4.78, 5) is 13.3. The summed E-state index contributed by atoms with van der Waals surface area (Å²) in [6.45, 7) is 0. The summed E-state index contributed by atoms with van der Waals surface area (Å²) >= 11 is 5.96. The lowest BCUT2D eigenvalue weighted by Crippen LogP contribution is -2.00. The van der Waals surface area contributed by atoms with Crippen molar-refractivity contribution in [2.45, 2.75) is 0 Å². The molecule has 122 valence electrons. The third-order valence-electron chi connectivity index (χ3n) is 3.82. The van der Waals surface area contributed by atoms with Crippen molar-refractivity contribution < 1.29 is 4.39 Å². The molecule has 2 aromatic carbocycles. The molecule has 2 heterocycles. The molecule has 0 atom stereocenters. The van der Waals surface area contributed by atoms with Crippen LogP contribution in [0, 0.1) is 5.82 Å². The molecule has 0 bridgehead atoms. The van der Waals surface area contributed by atoms with E-state index in [1.54, 1.807) is 24.3 Å². The molecule has 4 rings (SSSR count). The number of hydrogen-bond donors (Lipinski definition) is 1. The minimum atomic E-state index is -0.289. The summed E-state index contributed by atoms with van der Waals surface area (Å²) in [7, 11) is 0. The quantitative estimate of drug-likeness (QED) is 0.567. The van der Waals surface area contributed by atoms with Gasteiger partial charge in [-0.05, 0) is 48.5 Å². The van der Waals surface area contributed by atoms with Crippen LogP contribution in [0.2, 0.25) is 5.02 Å². The van der Waals surface area contributed by atoms with Crippen molar-refractivity contribution in [3.05, 3.63) is 71.5 Å². The fraction of sp³-hybridized carbons (Fsp3) is 0. The highest BCUT2D eigenvalue weighted by molar-refractivity contribution is 6.30. The van der Waals surface area contributed by atoms with Crippen molar-refractivity contribution in [1.82, 2.24) is 15.0 Å². The van der Waals surface area contributed by atoms with E-state index in [0.29, 0.717) is 27.4 Å². The number of benzene rings is 2. The molecule has 0 fully saturated rings. The maximum absolute atomic E-state index is 13.2. The Morgan fingerprint density at radius 2 is 1.44 bits per heavy atom. The Balaban J connectivity index is 1.93. The second-order valence-electron chi connectivity index (χ2n) is 5.51. The van der Waals surface area contributed by atoms with Gasteiger partial charge in [-0.1, -0.05) is 23.7 Å². The predicted octanol–water partition coefficient (Wildman–Crippen LogP) is 4.73. The van der Waals surface area contributed by atoms with Gasteiger partial charge in [0.2, 0.25) is 5.95 Å². The van der Waals surface area contributed by atoms with Gasteiger partial charge in [0, 0.05) is 16.1 Å². The Labute approximate surface area is 148 Å². The minimum Gasteiger partial charge on any atom is -0.368 e. The zero-order valence-corrected chi connectivity index (χ0v) is 13.7. The van der Waals surface area contributed by atoms with Gasteiger partial charge >= 0.3 is 0 Å². The SMILES string of the molecule is Nc1nc(-c2ccc(Cl)cc2)c2nc(-c3ccc(F)cc3)ccc2n1. The van der Waals surface area contributed by atoms with Crippen LogP contribution in [0.4, 0.5) is 10.3 Å². The summed E-state index contributed by atoms with van der Waals surface area (Å²) in [5.41, 5.74) is 10.1. The number of rotatable bonds is 2. The van der Waals surface area contributed by atoms with Crippen molar-refractivity contribution in [1.29, 1.82) is 0 Å². The predicted molar refractivity (Wildman–Crippen MR) is 97.6 cm³/mol. The van der Waals surface area contributed by atoms with Crippen molar-refractivity contribution in [2.75, 3.05) is 5.73 Å². The third-order valence-corrected chi connectivity index (χ3v) is 4.07. The molecular weight excluding hydrogens is 339 g/mol. The third kappa shape index (κ3) is 3.02. The summed E-state index contributed by atoms with van der Waals surface area (Å²) in [6, 6.07) is 17.1. The molecule has 0 amide bonds. The van der Waals surface area contributed by atoms with Crippen LogP contribution in [0.3, 0.4) is 0 Å². The van der Waals surface area contributed by atoms with Gasteiger partial charge in [0.05, 0.1) is 11.2 Å². The number of anilines is 1. The van der Waals surface area contributed by atoms with Crippen molar-refractivity contribution in [3.63, 3.8) is 0 Å². The summed E-state index contributed by atoms with van der Waals surface area (Å²) < 4.78 is 13.2. The smallest absolute Gasteiger partial charge is 0.221 e. The van der Waals surface area contributed by atoms with E-state index in [2.05, 4.69) is 15.0 Å². The van der Waals surface area contributed by atoms with Gasteiger partial charge in [-0.3, -0.25) is 0 Å². The van der Waals surface area contributed by atoms with Gasteiger partial charge in [0.25, 0.3) is 0 Å². The molecule has 4 nitrogen and oxygen atoms in total. The van der Waals surface area contributed by atoms with Crippen molar-refractivity contribution in [2.24, 2.45) is 0 Å². The average molecular weight is 351 g/mol. The van der Waals surface area contributed by atoms with Crippen LogP contribution in [0.5, 0.6) is 0 Å². The molecule has 4 aromatic rings. The Morgan fingerprint density at radius 1 is 0.760 bits per heavy atom. The molecule has 0 spiro atoms. The van der Waals surface area contributed by atoms with E-state index in [0.717, 1.165) is 11.1 Å². The number of hydrogen-bond acceptors (Lipinski definition) is 4. The molecular formula is C19H12ClFN4. The highest BCUT2D eigenvalue weighted by Gasteiger charge is 2.12. The average Bonchev–Trinajstić information content (AvgIpc) is 2.62. The highest BCUT2D eigenvalue weighted by Crippen LogP contribution is 2.29. The number of nitrogens with zero attached hydrogens (tertiary/aromatic N) is 3. The number of nitrogens with two attached hydrogens (primary N) is 1. The van der Waals surface area contributed by atoms with Crippen LogP contribution in [-0.4, -0.2) is 15.0 Å². The second-order valence-corrected chi connectivity index (χ2v) is 5.94. The normalized spacial score (nSPS) is 11.0. The van der Waals surface area contributed by atoms with E-state index in [4.69, 9.17) is 17.3 Å². The molecule has 0 aliphatic rings. The molecule has 0 unspecified atom stereocenters. The standard InChI is InChI=1S/C19H12ClFN4/c20-13-5-1-12(2-6-13)17-18-16(24-19(22)25-17)10-9-15(23-18)11-3-7-14(21)8-4-11/h1-10H,(H2,22,24,25). The van der Waals surface area contributed by atoms with Crippen LogP contribution < -0.4 is 5.73 Å². The lowest BCUT2D eigenvalue weighted by atomic mass is 10.1. The van der Waals surface area contributed by atoms with Crippen molar-refractivity contribution >= 4 is 28.6 Å². The number of nitrogen functional groups attached to an aromatic ring is 1. The largest absolute Gasteiger partial charge is 0.368 e. The molecule has 0 radical (unpaired) electrons. The summed E-state index contributed by atoms with van der Waals surface area (Å²) in [6.07, 6.45) is 0. The summed E-state index contributed by atoms with van der Waals surface area (Å²) in [5, 5.41) is 0.634. The number of fused-ring (bicyclic) bond motifs is 1. The number of pyridine rings is 1. The van der Waals surface area contributed by atoms with E-state index in [1.165, 1.54) is 12.1 Å². The number of aromatic nitrogens is 3. The maximum atomic E-state index is 13.2. The monoisotopic (exact) mass is 350 g/mol. The second kappa shape index (κ2) is 6.11. The van der Waals surface area contributed by atoms with Gasteiger partial charge < -0.3 is 5.73 Å². The van der Waals surface area contributed by atoms with Gasteiger partial charge in [-0.2, -0.15) is 0 Å². The molecule has 0 aliphatic carbocycles. The first kappa shape index (κ1) is 15.5. The van der Waals surface area contributed by atoms with Gasteiger partial charge in [-0.25, -0.2) is 19.3 Å². The van der Waals surface area contributed by atoms with Crippen LogP contribution in [0.1, 0.15) is 0 Å². The maximum Gasteiger partial charge on any atom is 0.221 e. The lowest BCUT2D eigenvalue weighted by molar-refractivity contribution is 0.628. The first-order valence-corrected chi connectivity index (χ1v) is 7.94. The van der Waals surface area contributed by atoms with Gasteiger partial charge in [0.1, 0.15) is 17.0 Å². The molecule has 6 heteroatoms. The zero-order chi connectivity index (χ0) is 17.4. The number of halogens is 2. The molecule has 0 aliphatic heterocycles. The lowest BCUT2D eigenvalue weighted by Gasteiger charge is -2.08. The molecule has 0 saturated carbocycles. The van der Waals surface area contributed by atoms with Gasteiger partial charge in [-0.15, -0.1) is 0 Å². The molecule has 2 N–H and O–H groups in total. The van der Waals surface area contributed by atoms with E-state index in [-0.39, 0.29) is 11.8 Å². The van der Waals surface area contributed by atoms with E-state index in [1.807, 2.05) is 24.3 Å². The highest BCUT2D eigenvalue weighted by atomic mass is 35.5. The first-order valence-electron chi connectivity index (χ1n) is 7.56. The van der Waals surface area contributed by atoms with Crippen LogP contribution in [0.15, 0.2) is 60.7 Å². The van der Waals surface area contributed by atoms with Crippen LogP contribution in [0.25, 0.3) is 33.5 Å². The van der Waals surface area contributed by atoms with E-state index in [9.17, 15) is 4.39 Å². The first-order chi connectivity index (χ1) is 12.1. The van der Waals surface area contributed by atoms with Gasteiger partial charge in [0.15, 0.2) is 0 Å². The van der Waals surface area contributed by atoms with Crippen LogP contribution >= 0.6 is 11.6 Å². The fourth-order valence-corrected chi connectivity index (χ4v) is 2.75. The van der Waals surface area contributed by atoms with E-state index < -0.39 is 0 Å². The van der Waals surface area contributed by atoms with Crippen molar-refractivity contribution in [3.8, 4) is 22.5 Å². The minimum absolute atomic E-state index is 0.175. The Bertz CT molecular complexity index is 1060. The van der Waals surface area contributed by atoms with Crippen LogP contribution in [-0.2, 0) is 0 Å². The topological polar surface area (TPSA) is 64.7 Å². The zero-order valence-electron chi connectivity index (χ0n) is 12.9. The Morgan fingerprint density at radius 3 is 2.16 bits per heavy atom. The van der Waals surface area contributed by atoms with E-state index >= 15 is 0 Å². The Kier molecular flexibility index (Phi) is 3.78. The Hall–Kier alpha value is -3.05. The molecule has 0 saturated heterocycles. The molecule has 2 aromatic heterocycles. The molecule has 25 heavy (non-hydrogen) atoms. The summed E-state index contributed by atoms with van der Waals surface area (Å²) in [5.74, 6) is -0.115. The fourth-order valence-electron chi connectivity index (χ4n) is 2.62.